The molecule has 0 aliphatic carbocycles. The van der Waals surface area contributed by atoms with Gasteiger partial charge in [0.15, 0.2) is 0 Å². The number of hydrogen-bond donors (Lipinski definition) is 3. The van der Waals surface area contributed by atoms with Crippen molar-refractivity contribution >= 4 is 5.82 Å². The highest BCUT2D eigenvalue weighted by Crippen LogP contribution is 2.22. The smallest absolute Gasteiger partial charge is 0.125 e. The van der Waals surface area contributed by atoms with E-state index in [4.69, 9.17) is 4.74 Å². The molecule has 3 rings (SSSR count). The molecule has 1 aliphatic heterocycles. The number of para-hydroxylation sites is 1. The van der Waals surface area contributed by atoms with Crippen molar-refractivity contribution in [3.05, 3.63) is 41.6 Å². The molecule has 0 spiro atoms. The van der Waals surface area contributed by atoms with Gasteiger partial charge in [-0.05, 0) is 25.0 Å². The van der Waals surface area contributed by atoms with Gasteiger partial charge in [0, 0.05) is 38.2 Å². The topological polar surface area (TPSA) is 71.3 Å². The summed E-state index contributed by atoms with van der Waals surface area (Å²) in [5.41, 5.74) is 2.19. The minimum atomic E-state index is -0.527. The molecule has 0 unspecified atom stereocenters. The van der Waals surface area contributed by atoms with Crippen molar-refractivity contribution in [2.24, 2.45) is 5.92 Å². The normalized spacial score (nSPS) is 17.9. The molecule has 1 aromatic heterocycles. The molecule has 0 bridgehead atoms. The first-order valence-corrected chi connectivity index (χ1v) is 8.47. The first kappa shape index (κ1) is 16.8. The number of aliphatic hydroxyl groups excluding tert-OH is 1. The van der Waals surface area contributed by atoms with Gasteiger partial charge in [-0.25, -0.2) is 4.68 Å². The maximum absolute atomic E-state index is 10.1. The second kappa shape index (κ2) is 7.68. The van der Waals surface area contributed by atoms with Crippen molar-refractivity contribution in [3.8, 4) is 5.75 Å². The minimum Gasteiger partial charge on any atom is -0.490 e. The van der Waals surface area contributed by atoms with E-state index in [1.807, 2.05) is 49.0 Å². The fourth-order valence-electron chi connectivity index (χ4n) is 3.04. The Morgan fingerprint density at radius 1 is 1.38 bits per heavy atom. The van der Waals surface area contributed by atoms with Crippen LogP contribution in [0.3, 0.4) is 0 Å². The minimum absolute atomic E-state index is 0.297. The summed E-state index contributed by atoms with van der Waals surface area (Å²) in [6, 6.07) is 8.04. The lowest BCUT2D eigenvalue weighted by molar-refractivity contribution is 0.104. The highest BCUT2D eigenvalue weighted by atomic mass is 16.5. The lowest BCUT2D eigenvalue weighted by atomic mass is 10.1. The number of anilines is 1. The zero-order chi connectivity index (χ0) is 16.9. The first-order valence-electron chi connectivity index (χ1n) is 8.47. The first-order chi connectivity index (χ1) is 11.6. The predicted octanol–water partition coefficient (Wildman–Crippen LogP) is 1.57. The summed E-state index contributed by atoms with van der Waals surface area (Å²) >= 11 is 0. The van der Waals surface area contributed by atoms with Crippen LogP contribution in [-0.2, 0) is 6.54 Å². The number of aliphatic hydroxyl groups is 1. The van der Waals surface area contributed by atoms with Crippen LogP contribution in [0.1, 0.15) is 11.1 Å². The van der Waals surface area contributed by atoms with Gasteiger partial charge in [0.25, 0.3) is 0 Å². The second-order valence-corrected chi connectivity index (χ2v) is 6.49. The quantitative estimate of drug-likeness (QED) is 0.719. The molecular weight excluding hydrogens is 304 g/mol. The van der Waals surface area contributed by atoms with Gasteiger partial charge in [0.05, 0.1) is 6.20 Å². The van der Waals surface area contributed by atoms with E-state index in [1.165, 1.54) is 0 Å². The monoisotopic (exact) mass is 330 g/mol. The van der Waals surface area contributed by atoms with Crippen molar-refractivity contribution in [2.45, 2.75) is 26.5 Å². The number of rotatable bonds is 7. The SMILES string of the molecule is Cc1cccc(C)c1OC[C@H](O)CNC[C@H]1CNc2ccnn2C1. The number of nitrogens with one attached hydrogen (secondary N) is 2. The lowest BCUT2D eigenvalue weighted by Gasteiger charge is -2.25. The molecule has 0 saturated carbocycles. The summed E-state index contributed by atoms with van der Waals surface area (Å²) in [6.45, 7) is 7.52. The molecule has 130 valence electrons. The Morgan fingerprint density at radius 3 is 2.96 bits per heavy atom. The predicted molar refractivity (Wildman–Crippen MR) is 94.5 cm³/mol. The van der Waals surface area contributed by atoms with Gasteiger partial charge in [-0.2, -0.15) is 5.10 Å². The maximum atomic E-state index is 10.1. The molecule has 0 amide bonds. The summed E-state index contributed by atoms with van der Waals surface area (Å²) in [5.74, 6) is 2.41. The molecule has 6 heteroatoms. The van der Waals surface area contributed by atoms with Crippen LogP contribution in [0.25, 0.3) is 0 Å². The van der Waals surface area contributed by atoms with Crippen LogP contribution in [-0.4, -0.2) is 47.2 Å². The molecular formula is C18H26N4O2. The Morgan fingerprint density at radius 2 is 2.17 bits per heavy atom. The Bertz CT molecular complexity index is 651. The Kier molecular flexibility index (Phi) is 5.37. The molecule has 2 aromatic rings. The fraction of sp³-hybridized carbons (Fsp3) is 0.500. The number of ether oxygens (including phenoxy) is 1. The molecule has 24 heavy (non-hydrogen) atoms. The van der Waals surface area contributed by atoms with Crippen LogP contribution in [0.15, 0.2) is 30.5 Å². The number of benzene rings is 1. The van der Waals surface area contributed by atoms with Crippen LogP contribution >= 0.6 is 0 Å². The summed E-state index contributed by atoms with van der Waals surface area (Å²) in [4.78, 5) is 0. The number of hydrogen-bond acceptors (Lipinski definition) is 5. The highest BCUT2D eigenvalue weighted by Gasteiger charge is 2.18. The molecule has 6 nitrogen and oxygen atoms in total. The summed E-state index contributed by atoms with van der Waals surface area (Å²) in [7, 11) is 0. The molecule has 3 N–H and O–H groups in total. The zero-order valence-electron chi connectivity index (χ0n) is 14.3. The van der Waals surface area contributed by atoms with Crippen molar-refractivity contribution in [1.29, 1.82) is 0 Å². The van der Waals surface area contributed by atoms with Gasteiger partial charge in [-0.15, -0.1) is 0 Å². The number of aromatic nitrogens is 2. The van der Waals surface area contributed by atoms with E-state index in [1.54, 1.807) is 0 Å². The Hall–Kier alpha value is -2.05. The highest BCUT2D eigenvalue weighted by molar-refractivity contribution is 5.39. The summed E-state index contributed by atoms with van der Waals surface area (Å²) in [5, 5.41) is 21.1. The molecule has 0 fully saturated rings. The third-order valence-electron chi connectivity index (χ3n) is 4.36. The van der Waals surface area contributed by atoms with Crippen LogP contribution in [0.4, 0.5) is 5.82 Å². The molecule has 1 aromatic carbocycles. The van der Waals surface area contributed by atoms with Crippen LogP contribution in [0.5, 0.6) is 5.75 Å². The van der Waals surface area contributed by atoms with Crippen molar-refractivity contribution < 1.29 is 9.84 Å². The second-order valence-electron chi connectivity index (χ2n) is 6.49. The summed E-state index contributed by atoms with van der Waals surface area (Å²) in [6.07, 6.45) is 1.29. The third kappa shape index (κ3) is 4.07. The van der Waals surface area contributed by atoms with E-state index in [0.29, 0.717) is 19.1 Å². The van der Waals surface area contributed by atoms with Gasteiger partial charge in [0.1, 0.15) is 24.3 Å². The average molecular weight is 330 g/mol. The van der Waals surface area contributed by atoms with Crippen LogP contribution in [0, 0.1) is 19.8 Å². The van der Waals surface area contributed by atoms with Gasteiger partial charge in [0.2, 0.25) is 0 Å². The van der Waals surface area contributed by atoms with E-state index in [0.717, 1.165) is 42.3 Å². The van der Waals surface area contributed by atoms with Gasteiger partial charge < -0.3 is 20.5 Å². The average Bonchev–Trinajstić information content (AvgIpc) is 3.02. The van der Waals surface area contributed by atoms with Crippen LogP contribution < -0.4 is 15.4 Å². The van der Waals surface area contributed by atoms with Gasteiger partial charge in [-0.3, -0.25) is 0 Å². The van der Waals surface area contributed by atoms with E-state index in [-0.39, 0.29) is 0 Å². The van der Waals surface area contributed by atoms with E-state index in [9.17, 15) is 5.11 Å². The van der Waals surface area contributed by atoms with Gasteiger partial charge in [-0.1, -0.05) is 18.2 Å². The van der Waals surface area contributed by atoms with E-state index >= 15 is 0 Å². The molecule has 2 heterocycles. The van der Waals surface area contributed by atoms with E-state index in [2.05, 4.69) is 15.7 Å². The standard InChI is InChI=1S/C18H26N4O2/c1-13-4-3-5-14(2)18(13)24-12-16(23)10-19-8-15-9-20-17-6-7-21-22(17)11-15/h3-7,15-16,19-20,23H,8-12H2,1-2H3/t15-,16+/m0/s1. The lowest BCUT2D eigenvalue weighted by Crippen LogP contribution is -2.39. The third-order valence-corrected chi connectivity index (χ3v) is 4.36. The fourth-order valence-corrected chi connectivity index (χ4v) is 3.04. The van der Waals surface area contributed by atoms with Crippen molar-refractivity contribution in [2.75, 3.05) is 31.6 Å². The largest absolute Gasteiger partial charge is 0.490 e. The summed E-state index contributed by atoms with van der Waals surface area (Å²) < 4.78 is 7.77. The number of aryl methyl sites for hydroxylation is 2. The molecule has 0 radical (unpaired) electrons. The Labute approximate surface area is 142 Å². The number of nitrogens with zero attached hydrogens (tertiary/aromatic N) is 2. The molecule has 2 atom stereocenters. The molecule has 0 saturated heterocycles. The Balaban J connectivity index is 1.38. The van der Waals surface area contributed by atoms with Crippen molar-refractivity contribution in [3.63, 3.8) is 0 Å². The number of fused-ring (bicyclic) bond motifs is 1. The van der Waals surface area contributed by atoms with E-state index < -0.39 is 6.10 Å². The van der Waals surface area contributed by atoms with Gasteiger partial charge >= 0.3 is 0 Å². The zero-order valence-corrected chi connectivity index (χ0v) is 14.3. The van der Waals surface area contributed by atoms with Crippen LogP contribution in [0.2, 0.25) is 0 Å². The maximum Gasteiger partial charge on any atom is 0.125 e. The molecule has 1 aliphatic rings. The van der Waals surface area contributed by atoms with Crippen molar-refractivity contribution in [1.82, 2.24) is 15.1 Å².